The topological polar surface area (TPSA) is 71.4 Å². The molecule has 1 aromatic heterocycles. The number of anilines is 1. The number of hydrogen-bond donors (Lipinski definition) is 1. The first kappa shape index (κ1) is 18.9. The van der Waals surface area contributed by atoms with Crippen molar-refractivity contribution >= 4 is 17.5 Å². The fourth-order valence-electron chi connectivity index (χ4n) is 3.48. The van der Waals surface area contributed by atoms with Gasteiger partial charge in [0.15, 0.2) is 0 Å². The molecule has 142 valence electrons. The zero-order valence-electron chi connectivity index (χ0n) is 16.3. The van der Waals surface area contributed by atoms with E-state index < -0.39 is 5.91 Å². The first-order chi connectivity index (χ1) is 12.8. The molecule has 0 bridgehead atoms. The molecule has 3 rings (SSSR count). The minimum atomic E-state index is -0.435. The van der Waals surface area contributed by atoms with Gasteiger partial charge in [-0.1, -0.05) is 0 Å². The van der Waals surface area contributed by atoms with E-state index in [1.165, 1.54) is 4.57 Å². The number of amides is 2. The van der Waals surface area contributed by atoms with Gasteiger partial charge in [-0.25, -0.2) is 0 Å². The van der Waals surface area contributed by atoms with Gasteiger partial charge in [0.25, 0.3) is 17.4 Å². The first-order valence-electron chi connectivity index (χ1n) is 9.18. The largest absolute Gasteiger partial charge is 0.339 e. The highest BCUT2D eigenvalue weighted by molar-refractivity contribution is 6.05. The van der Waals surface area contributed by atoms with E-state index in [-0.39, 0.29) is 17.0 Å². The fraction of sp³-hybridized carbons (Fsp3) is 0.381. The van der Waals surface area contributed by atoms with E-state index in [1.54, 1.807) is 32.2 Å². The second kappa shape index (κ2) is 7.39. The van der Waals surface area contributed by atoms with Crippen molar-refractivity contribution in [2.24, 2.45) is 7.05 Å². The molecular formula is C21H25N3O3. The van der Waals surface area contributed by atoms with E-state index >= 15 is 0 Å². The minimum Gasteiger partial charge on any atom is -0.339 e. The number of nitrogens with zero attached hydrogens (tertiary/aromatic N) is 2. The lowest BCUT2D eigenvalue weighted by Gasteiger charge is -2.17. The predicted octanol–water partition coefficient (Wildman–Crippen LogP) is 2.80. The van der Waals surface area contributed by atoms with Gasteiger partial charge >= 0.3 is 0 Å². The monoisotopic (exact) mass is 367 g/mol. The van der Waals surface area contributed by atoms with Crippen molar-refractivity contribution in [3.63, 3.8) is 0 Å². The molecule has 1 saturated heterocycles. The number of carbonyl (C=O) groups is 2. The molecule has 6 heteroatoms. The van der Waals surface area contributed by atoms with E-state index in [9.17, 15) is 14.4 Å². The van der Waals surface area contributed by atoms with Crippen LogP contribution in [-0.4, -0.2) is 34.4 Å². The average molecular weight is 367 g/mol. The van der Waals surface area contributed by atoms with E-state index in [2.05, 4.69) is 5.32 Å². The summed E-state index contributed by atoms with van der Waals surface area (Å²) in [5.74, 6) is -0.411. The maximum Gasteiger partial charge on any atom is 0.263 e. The normalized spacial score (nSPS) is 13.7. The molecule has 0 spiro atoms. The van der Waals surface area contributed by atoms with Crippen LogP contribution in [0.25, 0.3) is 0 Å². The highest BCUT2D eigenvalue weighted by Crippen LogP contribution is 2.20. The van der Waals surface area contributed by atoms with Crippen LogP contribution in [0, 0.1) is 20.8 Å². The molecule has 1 fully saturated rings. The van der Waals surface area contributed by atoms with Crippen LogP contribution in [0.5, 0.6) is 0 Å². The smallest absolute Gasteiger partial charge is 0.263 e. The van der Waals surface area contributed by atoms with E-state index in [0.29, 0.717) is 16.8 Å². The quantitative estimate of drug-likeness (QED) is 0.907. The summed E-state index contributed by atoms with van der Waals surface area (Å²) >= 11 is 0. The molecule has 0 aliphatic carbocycles. The molecule has 1 aromatic carbocycles. The van der Waals surface area contributed by atoms with Crippen molar-refractivity contribution in [2.75, 3.05) is 18.4 Å². The third-order valence-corrected chi connectivity index (χ3v) is 5.21. The molecule has 6 nitrogen and oxygen atoms in total. The Kier molecular flexibility index (Phi) is 5.17. The van der Waals surface area contributed by atoms with Crippen molar-refractivity contribution in [3.8, 4) is 0 Å². The molecule has 1 aliphatic rings. The third-order valence-electron chi connectivity index (χ3n) is 5.21. The summed E-state index contributed by atoms with van der Waals surface area (Å²) in [4.78, 5) is 39.5. The fourth-order valence-corrected chi connectivity index (χ4v) is 3.48. The summed E-state index contributed by atoms with van der Waals surface area (Å²) in [6.45, 7) is 7.03. The maximum atomic E-state index is 12.7. The molecule has 2 amide bonds. The van der Waals surface area contributed by atoms with Crippen LogP contribution in [0.2, 0.25) is 0 Å². The number of likely N-dealkylation sites (tertiary alicyclic amines) is 1. The van der Waals surface area contributed by atoms with Crippen molar-refractivity contribution in [1.29, 1.82) is 0 Å². The van der Waals surface area contributed by atoms with Crippen molar-refractivity contribution in [1.82, 2.24) is 9.47 Å². The van der Waals surface area contributed by atoms with Crippen LogP contribution in [0.3, 0.4) is 0 Å². The zero-order valence-corrected chi connectivity index (χ0v) is 16.3. The highest BCUT2D eigenvalue weighted by Gasteiger charge is 2.21. The van der Waals surface area contributed by atoms with Gasteiger partial charge in [-0.05, 0) is 69.0 Å². The molecule has 0 saturated carbocycles. The number of nitrogens with one attached hydrogen (secondary N) is 1. The van der Waals surface area contributed by atoms with Crippen LogP contribution in [-0.2, 0) is 7.05 Å². The number of aryl methyl sites for hydroxylation is 3. The van der Waals surface area contributed by atoms with Crippen LogP contribution >= 0.6 is 0 Å². The van der Waals surface area contributed by atoms with Gasteiger partial charge in [-0.3, -0.25) is 14.4 Å². The Bertz CT molecular complexity index is 969. The summed E-state index contributed by atoms with van der Waals surface area (Å²) in [5.41, 5.74) is 3.27. The summed E-state index contributed by atoms with van der Waals surface area (Å²) in [5, 5.41) is 2.81. The number of hydrogen-bond acceptors (Lipinski definition) is 3. The summed E-state index contributed by atoms with van der Waals surface area (Å²) < 4.78 is 1.46. The number of pyridine rings is 1. The molecule has 0 atom stereocenters. The Hall–Kier alpha value is -2.89. The van der Waals surface area contributed by atoms with Gasteiger partial charge in [0, 0.05) is 37.1 Å². The molecule has 2 aromatic rings. The van der Waals surface area contributed by atoms with Gasteiger partial charge in [0.2, 0.25) is 0 Å². The second-order valence-electron chi connectivity index (χ2n) is 7.19. The van der Waals surface area contributed by atoms with Crippen molar-refractivity contribution < 1.29 is 9.59 Å². The van der Waals surface area contributed by atoms with Crippen molar-refractivity contribution in [3.05, 3.63) is 62.6 Å². The third kappa shape index (κ3) is 3.65. The van der Waals surface area contributed by atoms with Gasteiger partial charge in [0.1, 0.15) is 5.56 Å². The Morgan fingerprint density at radius 2 is 1.67 bits per heavy atom. The molecule has 2 heterocycles. The van der Waals surface area contributed by atoms with Gasteiger partial charge in [0.05, 0.1) is 0 Å². The zero-order chi connectivity index (χ0) is 19.7. The molecule has 27 heavy (non-hydrogen) atoms. The SMILES string of the molecule is Cc1cc(C(=O)N2CCCC2)ccc1NC(=O)c1c(C)cc(C)n(C)c1=O. The Morgan fingerprint density at radius 1 is 1.00 bits per heavy atom. The molecule has 1 aliphatic heterocycles. The van der Waals surface area contributed by atoms with Crippen LogP contribution < -0.4 is 10.9 Å². The molecule has 1 N–H and O–H groups in total. The second-order valence-corrected chi connectivity index (χ2v) is 7.19. The number of carbonyl (C=O) groups excluding carboxylic acids is 2. The Balaban J connectivity index is 1.84. The number of benzene rings is 1. The maximum absolute atomic E-state index is 12.7. The van der Waals surface area contributed by atoms with Crippen LogP contribution in [0.15, 0.2) is 29.1 Å². The van der Waals surface area contributed by atoms with Crippen LogP contribution in [0.1, 0.15) is 50.4 Å². The first-order valence-corrected chi connectivity index (χ1v) is 9.18. The molecule has 0 unspecified atom stereocenters. The lowest BCUT2D eigenvalue weighted by molar-refractivity contribution is 0.0792. The van der Waals surface area contributed by atoms with E-state index in [4.69, 9.17) is 0 Å². The highest BCUT2D eigenvalue weighted by atomic mass is 16.2. The number of rotatable bonds is 3. The standard InChI is InChI=1S/C21H25N3O3/c1-13-12-16(20(26)24-9-5-6-10-24)7-8-17(13)22-19(25)18-14(2)11-15(3)23(4)21(18)27/h7-8,11-12H,5-6,9-10H2,1-4H3,(H,22,25). The molecule has 0 radical (unpaired) electrons. The lowest BCUT2D eigenvalue weighted by atomic mass is 10.1. The van der Waals surface area contributed by atoms with Gasteiger partial charge < -0.3 is 14.8 Å². The summed E-state index contributed by atoms with van der Waals surface area (Å²) in [7, 11) is 1.65. The lowest BCUT2D eigenvalue weighted by Crippen LogP contribution is -2.30. The Morgan fingerprint density at radius 3 is 2.30 bits per heavy atom. The van der Waals surface area contributed by atoms with E-state index in [0.717, 1.165) is 37.2 Å². The average Bonchev–Trinajstić information content (AvgIpc) is 3.15. The van der Waals surface area contributed by atoms with Crippen LogP contribution in [0.4, 0.5) is 5.69 Å². The van der Waals surface area contributed by atoms with Gasteiger partial charge in [-0.15, -0.1) is 0 Å². The van der Waals surface area contributed by atoms with Gasteiger partial charge in [-0.2, -0.15) is 0 Å². The minimum absolute atomic E-state index is 0.0247. The van der Waals surface area contributed by atoms with Crippen molar-refractivity contribution in [2.45, 2.75) is 33.6 Å². The summed E-state index contributed by atoms with van der Waals surface area (Å²) in [6, 6.07) is 7.06. The predicted molar refractivity (Wildman–Crippen MR) is 105 cm³/mol. The molecular weight excluding hydrogens is 342 g/mol. The Labute approximate surface area is 158 Å². The summed E-state index contributed by atoms with van der Waals surface area (Å²) in [6.07, 6.45) is 2.09. The van der Waals surface area contributed by atoms with E-state index in [1.807, 2.05) is 24.8 Å². The number of aromatic nitrogens is 1.